The lowest BCUT2D eigenvalue weighted by atomic mass is 9.48. The summed E-state index contributed by atoms with van der Waals surface area (Å²) in [6.45, 7) is 14.7. The van der Waals surface area contributed by atoms with Gasteiger partial charge in [-0.25, -0.2) is 0 Å². The molecule has 0 aromatic rings. The molecule has 0 aromatic heterocycles. The fourth-order valence-corrected chi connectivity index (χ4v) is 3.77. The highest BCUT2D eigenvalue weighted by molar-refractivity contribution is 5.00. The third-order valence-electron chi connectivity index (χ3n) is 5.98. The van der Waals surface area contributed by atoms with Crippen molar-refractivity contribution in [1.82, 2.24) is 0 Å². The van der Waals surface area contributed by atoms with E-state index in [9.17, 15) is 0 Å². The van der Waals surface area contributed by atoms with E-state index in [0.29, 0.717) is 10.8 Å². The maximum absolute atomic E-state index is 2.52. The van der Waals surface area contributed by atoms with E-state index < -0.39 is 0 Å². The van der Waals surface area contributed by atoms with Crippen LogP contribution in [0.3, 0.4) is 0 Å². The van der Waals surface area contributed by atoms with E-state index in [-0.39, 0.29) is 0 Å². The molecule has 14 heavy (non-hydrogen) atoms. The molecule has 1 fully saturated rings. The monoisotopic (exact) mass is 196 g/mol. The van der Waals surface area contributed by atoms with Gasteiger partial charge in [-0.15, -0.1) is 0 Å². The van der Waals surface area contributed by atoms with Gasteiger partial charge in [0.2, 0.25) is 0 Å². The lowest BCUT2D eigenvalue weighted by Crippen LogP contribution is -2.49. The highest BCUT2D eigenvalue weighted by Gasteiger charge is 2.50. The topological polar surface area (TPSA) is 0 Å². The number of hydrogen-bond donors (Lipinski definition) is 0. The summed E-state index contributed by atoms with van der Waals surface area (Å²) in [6, 6.07) is 0. The molecule has 0 nitrogen and oxygen atoms in total. The van der Waals surface area contributed by atoms with Gasteiger partial charge in [-0.05, 0) is 48.3 Å². The van der Waals surface area contributed by atoms with E-state index in [4.69, 9.17) is 0 Å². The maximum Gasteiger partial charge on any atom is -0.0246 e. The number of rotatable bonds is 2. The minimum absolute atomic E-state index is 0.555. The molecule has 1 saturated carbocycles. The summed E-state index contributed by atoms with van der Waals surface area (Å²) in [5.74, 6) is 1.79. The van der Waals surface area contributed by atoms with E-state index in [0.717, 1.165) is 11.8 Å². The quantitative estimate of drug-likeness (QED) is 0.590. The van der Waals surface area contributed by atoms with Crippen LogP contribution in [0.25, 0.3) is 0 Å². The Kier molecular flexibility index (Phi) is 3.33. The van der Waals surface area contributed by atoms with Crippen LogP contribution in [0.4, 0.5) is 0 Å². The fourth-order valence-electron chi connectivity index (χ4n) is 3.77. The average Bonchev–Trinajstić information content (AvgIpc) is 2.20. The molecule has 0 aliphatic heterocycles. The zero-order valence-electron chi connectivity index (χ0n) is 11.0. The largest absolute Gasteiger partial charge is 0.0648 e. The maximum atomic E-state index is 2.52. The zero-order chi connectivity index (χ0) is 11.0. The van der Waals surface area contributed by atoms with Crippen molar-refractivity contribution >= 4 is 0 Å². The van der Waals surface area contributed by atoms with Crippen molar-refractivity contribution in [2.75, 3.05) is 0 Å². The molecule has 1 aliphatic carbocycles. The van der Waals surface area contributed by atoms with E-state index in [2.05, 4.69) is 41.5 Å². The van der Waals surface area contributed by atoms with Crippen LogP contribution < -0.4 is 0 Å². The highest BCUT2D eigenvalue weighted by atomic mass is 14.6. The normalized spacial score (nSPS) is 49.3. The minimum Gasteiger partial charge on any atom is -0.0648 e. The lowest BCUT2D eigenvalue weighted by Gasteiger charge is -2.57. The molecule has 0 spiro atoms. The predicted octanol–water partition coefficient (Wildman–Crippen LogP) is 4.89. The molecule has 84 valence electrons. The summed E-state index contributed by atoms with van der Waals surface area (Å²) in [5, 5.41) is 0. The summed E-state index contributed by atoms with van der Waals surface area (Å²) in [5.41, 5.74) is 1.11. The van der Waals surface area contributed by atoms with Crippen LogP contribution in [0.1, 0.15) is 67.2 Å². The van der Waals surface area contributed by atoms with Gasteiger partial charge in [0, 0.05) is 0 Å². The highest BCUT2D eigenvalue weighted by Crippen LogP contribution is 2.59. The van der Waals surface area contributed by atoms with Gasteiger partial charge < -0.3 is 0 Å². The van der Waals surface area contributed by atoms with Gasteiger partial charge in [-0.2, -0.15) is 0 Å². The van der Waals surface area contributed by atoms with Crippen LogP contribution in [-0.4, -0.2) is 0 Å². The second kappa shape index (κ2) is 3.87. The van der Waals surface area contributed by atoms with Crippen molar-refractivity contribution in [3.63, 3.8) is 0 Å². The Bertz CT molecular complexity index is 174. The van der Waals surface area contributed by atoms with Crippen molar-refractivity contribution in [3.05, 3.63) is 0 Å². The molecule has 1 rings (SSSR count). The molecule has 4 atom stereocenters. The molecule has 0 radical (unpaired) electrons. The Morgan fingerprint density at radius 2 is 1.14 bits per heavy atom. The molecular formula is C14H28. The first-order valence-electron chi connectivity index (χ1n) is 6.42. The third kappa shape index (κ3) is 1.42. The first-order valence-corrected chi connectivity index (χ1v) is 6.42. The minimum atomic E-state index is 0.555. The molecule has 0 heteroatoms. The summed E-state index contributed by atoms with van der Waals surface area (Å²) in [6.07, 6.45) is 5.54. The number of hydrogen-bond acceptors (Lipinski definition) is 0. The molecule has 0 bridgehead atoms. The van der Waals surface area contributed by atoms with Crippen molar-refractivity contribution in [2.24, 2.45) is 22.7 Å². The molecule has 0 saturated heterocycles. The summed E-state index contributed by atoms with van der Waals surface area (Å²) in [7, 11) is 0. The van der Waals surface area contributed by atoms with Crippen molar-refractivity contribution in [3.8, 4) is 0 Å². The molecule has 0 N–H and O–H groups in total. The Hall–Kier alpha value is 0. The van der Waals surface area contributed by atoms with Crippen LogP contribution in [0.2, 0.25) is 0 Å². The molecule has 0 amide bonds. The van der Waals surface area contributed by atoms with E-state index in [1.807, 2.05) is 0 Å². The molecule has 4 unspecified atom stereocenters. The van der Waals surface area contributed by atoms with Crippen LogP contribution in [-0.2, 0) is 0 Å². The van der Waals surface area contributed by atoms with Gasteiger partial charge in [0.1, 0.15) is 0 Å². The summed E-state index contributed by atoms with van der Waals surface area (Å²) in [4.78, 5) is 0. The van der Waals surface area contributed by atoms with Gasteiger partial charge in [-0.3, -0.25) is 0 Å². The summed E-state index contributed by atoms with van der Waals surface area (Å²) < 4.78 is 0. The smallest absolute Gasteiger partial charge is 0.0246 e. The summed E-state index contributed by atoms with van der Waals surface area (Å²) >= 11 is 0. The fraction of sp³-hybridized carbons (Fsp3) is 1.00. The van der Waals surface area contributed by atoms with E-state index in [1.165, 1.54) is 25.7 Å². The second-order valence-electron chi connectivity index (χ2n) is 5.92. The molecular weight excluding hydrogens is 168 g/mol. The van der Waals surface area contributed by atoms with Crippen LogP contribution >= 0.6 is 0 Å². The first kappa shape index (κ1) is 12.1. The van der Waals surface area contributed by atoms with Crippen LogP contribution in [0, 0.1) is 22.7 Å². The third-order valence-corrected chi connectivity index (χ3v) is 5.98. The van der Waals surface area contributed by atoms with Gasteiger partial charge >= 0.3 is 0 Å². The SMILES string of the molecule is CCC1(C)C(C)CCC(C)C1(C)CC. The van der Waals surface area contributed by atoms with Gasteiger partial charge in [0.05, 0.1) is 0 Å². The van der Waals surface area contributed by atoms with E-state index in [1.54, 1.807) is 0 Å². The Labute approximate surface area is 90.5 Å². The van der Waals surface area contributed by atoms with Crippen LogP contribution in [0.15, 0.2) is 0 Å². The van der Waals surface area contributed by atoms with Gasteiger partial charge in [0.15, 0.2) is 0 Å². The Morgan fingerprint density at radius 3 is 1.36 bits per heavy atom. The molecule has 1 aliphatic rings. The van der Waals surface area contributed by atoms with Gasteiger partial charge in [0.25, 0.3) is 0 Å². The Morgan fingerprint density at radius 1 is 0.857 bits per heavy atom. The molecule has 0 heterocycles. The van der Waals surface area contributed by atoms with Crippen molar-refractivity contribution < 1.29 is 0 Å². The zero-order valence-corrected chi connectivity index (χ0v) is 11.0. The molecule has 0 aromatic carbocycles. The standard InChI is InChI=1S/C14H28/c1-7-13(5)11(3)9-10-12(4)14(13,6)8-2/h11-12H,7-10H2,1-6H3. The van der Waals surface area contributed by atoms with Gasteiger partial charge in [-0.1, -0.05) is 41.5 Å². The van der Waals surface area contributed by atoms with Crippen LogP contribution in [0.5, 0.6) is 0 Å². The predicted molar refractivity (Wildman–Crippen MR) is 64.4 cm³/mol. The van der Waals surface area contributed by atoms with E-state index >= 15 is 0 Å². The van der Waals surface area contributed by atoms with Crippen molar-refractivity contribution in [1.29, 1.82) is 0 Å². The second-order valence-corrected chi connectivity index (χ2v) is 5.92. The first-order chi connectivity index (χ1) is 6.42. The van der Waals surface area contributed by atoms with Crippen molar-refractivity contribution in [2.45, 2.75) is 67.2 Å². The lowest BCUT2D eigenvalue weighted by molar-refractivity contribution is -0.0779. The Balaban J connectivity index is 3.05. The average molecular weight is 196 g/mol.